The molecular formula is C17H22N4O. The molecule has 1 unspecified atom stereocenters. The van der Waals surface area contributed by atoms with E-state index in [0.717, 1.165) is 33.6 Å². The first-order chi connectivity index (χ1) is 10.6. The van der Waals surface area contributed by atoms with Crippen LogP contribution in [0.2, 0.25) is 0 Å². The van der Waals surface area contributed by atoms with Crippen LogP contribution in [0.3, 0.4) is 0 Å². The van der Waals surface area contributed by atoms with Crippen LogP contribution in [0.4, 0.5) is 0 Å². The maximum atomic E-state index is 6.05. The first-order valence-corrected chi connectivity index (χ1v) is 7.54. The summed E-state index contributed by atoms with van der Waals surface area (Å²) in [6.07, 6.45) is 2.03. The Labute approximate surface area is 129 Å². The van der Waals surface area contributed by atoms with Crippen molar-refractivity contribution in [3.8, 4) is 5.75 Å². The summed E-state index contributed by atoms with van der Waals surface area (Å²) in [5, 5.41) is 8.67. The quantitative estimate of drug-likeness (QED) is 0.677. The van der Waals surface area contributed by atoms with Crippen LogP contribution in [0.5, 0.6) is 5.75 Å². The maximum absolute atomic E-state index is 6.05. The Morgan fingerprint density at radius 3 is 2.73 bits per heavy atom. The number of ether oxygens (including phenoxy) is 1. The van der Waals surface area contributed by atoms with Gasteiger partial charge in [-0.05, 0) is 35.7 Å². The Bertz CT molecular complexity index is 772. The molecule has 0 aliphatic heterocycles. The van der Waals surface area contributed by atoms with E-state index < -0.39 is 0 Å². The molecule has 0 aliphatic carbocycles. The number of nitrogens with two attached hydrogens (primary N) is 1. The number of nitrogens with zero attached hydrogens (tertiary/aromatic N) is 1. The summed E-state index contributed by atoms with van der Waals surface area (Å²) in [7, 11) is 1.68. The molecule has 116 valence electrons. The Morgan fingerprint density at radius 1 is 1.27 bits per heavy atom. The van der Waals surface area contributed by atoms with E-state index in [9.17, 15) is 0 Å². The average Bonchev–Trinajstić information content (AvgIpc) is 3.15. The van der Waals surface area contributed by atoms with Gasteiger partial charge in [-0.15, -0.1) is 0 Å². The summed E-state index contributed by atoms with van der Waals surface area (Å²) in [6.45, 7) is 4.78. The van der Waals surface area contributed by atoms with Crippen LogP contribution < -0.4 is 10.5 Å². The Kier molecular flexibility index (Phi) is 3.90. The number of benzene rings is 1. The lowest BCUT2D eigenvalue weighted by atomic mass is 9.94. The largest absolute Gasteiger partial charge is 0.497 e. The topological polar surface area (TPSA) is 79.7 Å². The Hall–Kier alpha value is -2.27. The van der Waals surface area contributed by atoms with E-state index in [1.807, 2.05) is 24.4 Å². The molecule has 0 radical (unpaired) electrons. The summed E-state index contributed by atoms with van der Waals surface area (Å²) in [5.41, 5.74) is 10.4. The summed E-state index contributed by atoms with van der Waals surface area (Å²) < 4.78 is 5.34. The van der Waals surface area contributed by atoms with Gasteiger partial charge in [0.05, 0.1) is 12.8 Å². The lowest BCUT2D eigenvalue weighted by Crippen LogP contribution is -2.14. The minimum atomic E-state index is 0.0841. The standard InChI is InChI=1S/C17H22N4O/c1-10(2)16-7-17(21-20-16)13(8-18)14-9-19-15-5-4-11(22-3)6-12(14)15/h4-7,9-10,13,19H,8,18H2,1-3H3,(H,20,21). The number of methoxy groups -OCH3 is 1. The molecular weight excluding hydrogens is 276 g/mol. The summed E-state index contributed by atoms with van der Waals surface area (Å²) in [6, 6.07) is 8.13. The number of aromatic amines is 2. The molecule has 0 aliphatic rings. The molecule has 0 bridgehead atoms. The molecule has 1 aromatic carbocycles. The SMILES string of the molecule is COc1ccc2[nH]cc(C(CN)c3cc(C(C)C)n[nH]3)c2c1. The molecule has 22 heavy (non-hydrogen) atoms. The van der Waals surface area contributed by atoms with E-state index >= 15 is 0 Å². The van der Waals surface area contributed by atoms with Crippen molar-refractivity contribution in [2.45, 2.75) is 25.7 Å². The molecule has 2 heterocycles. The zero-order valence-corrected chi connectivity index (χ0v) is 13.2. The van der Waals surface area contributed by atoms with Gasteiger partial charge in [0.25, 0.3) is 0 Å². The lowest BCUT2D eigenvalue weighted by molar-refractivity contribution is 0.415. The molecule has 3 aromatic rings. The predicted molar refractivity (Wildman–Crippen MR) is 88.4 cm³/mol. The highest BCUT2D eigenvalue weighted by molar-refractivity contribution is 5.85. The summed E-state index contributed by atoms with van der Waals surface area (Å²) in [4.78, 5) is 3.31. The van der Waals surface area contributed by atoms with Crippen molar-refractivity contribution in [3.63, 3.8) is 0 Å². The summed E-state index contributed by atoms with van der Waals surface area (Å²) in [5.74, 6) is 1.32. The smallest absolute Gasteiger partial charge is 0.119 e. The fourth-order valence-corrected chi connectivity index (χ4v) is 2.79. The predicted octanol–water partition coefficient (Wildman–Crippen LogP) is 3.11. The van der Waals surface area contributed by atoms with E-state index in [2.05, 4.69) is 35.1 Å². The van der Waals surface area contributed by atoms with Crippen molar-refractivity contribution in [3.05, 3.63) is 47.4 Å². The van der Waals surface area contributed by atoms with E-state index in [1.54, 1.807) is 7.11 Å². The fraction of sp³-hybridized carbons (Fsp3) is 0.353. The zero-order valence-electron chi connectivity index (χ0n) is 13.2. The molecule has 0 saturated carbocycles. The van der Waals surface area contributed by atoms with Gasteiger partial charge in [-0.25, -0.2) is 0 Å². The monoisotopic (exact) mass is 298 g/mol. The minimum absolute atomic E-state index is 0.0841. The molecule has 5 nitrogen and oxygen atoms in total. The second kappa shape index (κ2) is 5.85. The van der Waals surface area contributed by atoms with Crippen molar-refractivity contribution >= 4 is 10.9 Å². The van der Waals surface area contributed by atoms with E-state index in [1.165, 1.54) is 0 Å². The zero-order chi connectivity index (χ0) is 15.7. The fourth-order valence-electron chi connectivity index (χ4n) is 2.79. The minimum Gasteiger partial charge on any atom is -0.497 e. The third kappa shape index (κ3) is 2.48. The molecule has 0 spiro atoms. The molecule has 2 aromatic heterocycles. The number of rotatable bonds is 5. The molecule has 0 saturated heterocycles. The number of aromatic nitrogens is 3. The van der Waals surface area contributed by atoms with Crippen LogP contribution in [0.1, 0.15) is 42.6 Å². The number of fused-ring (bicyclic) bond motifs is 1. The number of hydrogen-bond acceptors (Lipinski definition) is 3. The van der Waals surface area contributed by atoms with Gasteiger partial charge in [-0.1, -0.05) is 13.8 Å². The van der Waals surface area contributed by atoms with Gasteiger partial charge in [0.15, 0.2) is 0 Å². The second-order valence-electron chi connectivity index (χ2n) is 5.85. The normalized spacial score (nSPS) is 13.0. The lowest BCUT2D eigenvalue weighted by Gasteiger charge is -2.12. The molecule has 4 N–H and O–H groups in total. The van der Waals surface area contributed by atoms with Crippen LogP contribution in [-0.2, 0) is 0 Å². The van der Waals surface area contributed by atoms with Gasteiger partial charge in [0, 0.05) is 35.3 Å². The highest BCUT2D eigenvalue weighted by atomic mass is 16.5. The molecule has 5 heteroatoms. The first-order valence-electron chi connectivity index (χ1n) is 7.54. The summed E-state index contributed by atoms with van der Waals surface area (Å²) >= 11 is 0. The third-order valence-corrected chi connectivity index (χ3v) is 4.12. The van der Waals surface area contributed by atoms with Crippen LogP contribution in [0.25, 0.3) is 10.9 Å². The highest BCUT2D eigenvalue weighted by Crippen LogP contribution is 2.32. The average molecular weight is 298 g/mol. The van der Waals surface area contributed by atoms with E-state index in [-0.39, 0.29) is 5.92 Å². The van der Waals surface area contributed by atoms with Gasteiger partial charge < -0.3 is 15.5 Å². The van der Waals surface area contributed by atoms with Crippen molar-refractivity contribution < 1.29 is 4.74 Å². The van der Waals surface area contributed by atoms with Gasteiger partial charge in [0.2, 0.25) is 0 Å². The van der Waals surface area contributed by atoms with Crippen molar-refractivity contribution in [2.24, 2.45) is 5.73 Å². The van der Waals surface area contributed by atoms with Crippen molar-refractivity contribution in [2.75, 3.05) is 13.7 Å². The molecule has 0 fully saturated rings. The van der Waals surface area contributed by atoms with Crippen molar-refractivity contribution in [1.29, 1.82) is 0 Å². The third-order valence-electron chi connectivity index (χ3n) is 4.12. The van der Waals surface area contributed by atoms with Gasteiger partial charge in [0.1, 0.15) is 5.75 Å². The van der Waals surface area contributed by atoms with Crippen LogP contribution in [0, 0.1) is 0 Å². The second-order valence-corrected chi connectivity index (χ2v) is 5.85. The number of H-pyrrole nitrogens is 2. The molecule has 0 amide bonds. The molecule has 3 rings (SSSR count). The van der Waals surface area contributed by atoms with E-state index in [4.69, 9.17) is 10.5 Å². The number of hydrogen-bond donors (Lipinski definition) is 3. The Morgan fingerprint density at radius 2 is 2.09 bits per heavy atom. The van der Waals surface area contributed by atoms with Crippen LogP contribution in [-0.4, -0.2) is 28.8 Å². The van der Waals surface area contributed by atoms with E-state index in [0.29, 0.717) is 12.5 Å². The van der Waals surface area contributed by atoms with Crippen LogP contribution >= 0.6 is 0 Å². The van der Waals surface area contributed by atoms with Gasteiger partial charge in [-0.2, -0.15) is 5.10 Å². The maximum Gasteiger partial charge on any atom is 0.119 e. The van der Waals surface area contributed by atoms with Gasteiger partial charge >= 0.3 is 0 Å². The van der Waals surface area contributed by atoms with Crippen LogP contribution in [0.15, 0.2) is 30.5 Å². The first kappa shape index (κ1) is 14.7. The molecule has 1 atom stereocenters. The van der Waals surface area contributed by atoms with Gasteiger partial charge in [-0.3, -0.25) is 5.10 Å². The number of nitrogens with one attached hydrogen (secondary N) is 2. The highest BCUT2D eigenvalue weighted by Gasteiger charge is 2.20. The Balaban J connectivity index is 2.06. The van der Waals surface area contributed by atoms with Crippen molar-refractivity contribution in [1.82, 2.24) is 15.2 Å².